The molecule has 0 fully saturated rings. The molecule has 0 aliphatic rings. The predicted molar refractivity (Wildman–Crippen MR) is 94.7 cm³/mol. The lowest BCUT2D eigenvalue weighted by molar-refractivity contribution is -0.137. The number of nitrogens with one attached hydrogen (secondary N) is 2. The maximum atomic E-state index is 12.9. The summed E-state index contributed by atoms with van der Waals surface area (Å²) in [6.07, 6.45) is -4.83. The Kier molecular flexibility index (Phi) is 5.81. The van der Waals surface area contributed by atoms with E-state index in [1.165, 1.54) is 26.1 Å². The van der Waals surface area contributed by atoms with Gasteiger partial charge in [0.25, 0.3) is 10.0 Å². The lowest BCUT2D eigenvalue weighted by Gasteiger charge is -2.14. The van der Waals surface area contributed by atoms with Crippen molar-refractivity contribution in [3.63, 3.8) is 0 Å². The normalized spacial score (nSPS) is 12.8. The van der Waals surface area contributed by atoms with Crippen LogP contribution in [0.25, 0.3) is 0 Å². The van der Waals surface area contributed by atoms with Gasteiger partial charge in [-0.3, -0.25) is 4.72 Å². The predicted octanol–water partition coefficient (Wildman–Crippen LogP) is 3.38. The number of hydrogen-bond donors (Lipinski definition) is 2. The number of hydrogen-bond acceptors (Lipinski definition) is 4. The Labute approximate surface area is 159 Å². The van der Waals surface area contributed by atoms with Gasteiger partial charge in [0.15, 0.2) is 0 Å². The zero-order chi connectivity index (χ0) is 20.6. The highest BCUT2D eigenvalue weighted by Gasteiger charge is 2.34. The minimum Gasteiger partial charge on any atom is -0.280 e. The Bertz CT molecular complexity index is 1080. The van der Waals surface area contributed by atoms with Crippen molar-refractivity contribution in [1.82, 2.24) is 4.72 Å². The van der Waals surface area contributed by atoms with Crippen molar-refractivity contribution in [1.29, 1.82) is 0 Å². The lowest BCUT2D eigenvalue weighted by Crippen LogP contribution is -2.20. The molecule has 2 aromatic carbocycles. The summed E-state index contributed by atoms with van der Waals surface area (Å²) in [5.41, 5.74) is -1.06. The highest BCUT2D eigenvalue weighted by Crippen LogP contribution is 2.36. The first kappa shape index (κ1) is 21.5. The van der Waals surface area contributed by atoms with E-state index in [1.807, 2.05) is 0 Å². The average molecular weight is 443 g/mol. The number of benzene rings is 2. The summed E-state index contributed by atoms with van der Waals surface area (Å²) in [5, 5.41) is -0.640. The van der Waals surface area contributed by atoms with Crippen LogP contribution in [-0.4, -0.2) is 23.9 Å². The molecule has 27 heavy (non-hydrogen) atoms. The molecule has 0 spiro atoms. The lowest BCUT2D eigenvalue weighted by atomic mass is 10.2. The van der Waals surface area contributed by atoms with Crippen LogP contribution in [0.4, 0.5) is 18.9 Å². The van der Waals surface area contributed by atoms with Crippen molar-refractivity contribution < 1.29 is 30.0 Å². The van der Waals surface area contributed by atoms with Gasteiger partial charge in [-0.1, -0.05) is 17.7 Å². The first-order valence-corrected chi connectivity index (χ1v) is 10.6. The number of halogens is 4. The Morgan fingerprint density at radius 3 is 2.15 bits per heavy atom. The monoisotopic (exact) mass is 442 g/mol. The molecule has 148 valence electrons. The average Bonchev–Trinajstić information content (AvgIpc) is 2.55. The van der Waals surface area contributed by atoms with E-state index < -0.39 is 41.7 Å². The van der Waals surface area contributed by atoms with E-state index in [9.17, 15) is 30.0 Å². The molecule has 6 nitrogen and oxygen atoms in total. The third-order valence-corrected chi connectivity index (χ3v) is 6.82. The molecule has 0 saturated carbocycles. The van der Waals surface area contributed by atoms with Crippen LogP contribution < -0.4 is 9.44 Å². The molecule has 0 amide bonds. The van der Waals surface area contributed by atoms with Crippen LogP contribution in [0.3, 0.4) is 0 Å². The summed E-state index contributed by atoms with van der Waals surface area (Å²) < 4.78 is 91.8. The van der Waals surface area contributed by atoms with Crippen LogP contribution in [0, 0.1) is 6.92 Å². The SMILES string of the molecule is CNS(=O)(=O)c1cc(NS(=O)(=O)c2ccc(Cl)c(C(F)(F)F)c2)ccc1C. The summed E-state index contributed by atoms with van der Waals surface area (Å²) >= 11 is 5.49. The van der Waals surface area contributed by atoms with Crippen LogP contribution in [0.5, 0.6) is 0 Å². The van der Waals surface area contributed by atoms with Crippen LogP contribution in [-0.2, 0) is 26.2 Å². The van der Waals surface area contributed by atoms with Crippen LogP contribution in [0.2, 0.25) is 5.02 Å². The molecule has 0 aliphatic carbocycles. The van der Waals surface area contributed by atoms with Crippen molar-refractivity contribution in [2.24, 2.45) is 0 Å². The molecule has 2 N–H and O–H groups in total. The standard InChI is InChI=1S/C15H14ClF3N2O4S2/c1-9-3-4-10(7-14(9)27(24,25)20-2)21-26(22,23)11-5-6-13(16)12(8-11)15(17,18)19/h3-8,20-21H,1-2H3. The van der Waals surface area contributed by atoms with Crippen molar-refractivity contribution in [2.45, 2.75) is 22.9 Å². The summed E-state index contributed by atoms with van der Waals surface area (Å²) in [4.78, 5) is -0.838. The summed E-state index contributed by atoms with van der Waals surface area (Å²) in [5.74, 6) is 0. The van der Waals surface area contributed by atoms with Gasteiger partial charge in [-0.15, -0.1) is 0 Å². The molecule has 0 radical (unpaired) electrons. The molecule has 0 bridgehead atoms. The van der Waals surface area contributed by atoms with E-state index in [-0.39, 0.29) is 10.6 Å². The number of sulfonamides is 2. The van der Waals surface area contributed by atoms with Gasteiger partial charge in [0, 0.05) is 0 Å². The number of anilines is 1. The van der Waals surface area contributed by atoms with Crippen molar-refractivity contribution in [3.05, 3.63) is 52.5 Å². The zero-order valence-electron chi connectivity index (χ0n) is 13.9. The smallest absolute Gasteiger partial charge is 0.280 e. The van der Waals surface area contributed by atoms with E-state index in [4.69, 9.17) is 11.6 Å². The van der Waals surface area contributed by atoms with Gasteiger partial charge in [0.05, 0.1) is 26.1 Å². The number of alkyl halides is 3. The highest BCUT2D eigenvalue weighted by atomic mass is 35.5. The van der Waals surface area contributed by atoms with Crippen molar-refractivity contribution in [3.8, 4) is 0 Å². The maximum Gasteiger partial charge on any atom is 0.417 e. The fourth-order valence-electron chi connectivity index (χ4n) is 2.17. The third kappa shape index (κ3) is 4.72. The molecule has 0 aliphatic heterocycles. The summed E-state index contributed by atoms with van der Waals surface area (Å²) in [7, 11) is -7.08. The molecule has 2 rings (SSSR count). The number of aryl methyl sites for hydroxylation is 1. The molecule has 0 aromatic heterocycles. The second-order valence-corrected chi connectivity index (χ2v) is 9.38. The second-order valence-electron chi connectivity index (χ2n) is 5.43. The first-order valence-electron chi connectivity index (χ1n) is 7.22. The fraction of sp³-hybridized carbons (Fsp3) is 0.200. The summed E-state index contributed by atoms with van der Waals surface area (Å²) in [6.45, 7) is 1.51. The fourth-order valence-corrected chi connectivity index (χ4v) is 4.46. The van der Waals surface area contributed by atoms with Gasteiger partial charge in [-0.2, -0.15) is 13.2 Å². The third-order valence-electron chi connectivity index (χ3n) is 3.55. The minimum atomic E-state index is -4.83. The Morgan fingerprint density at radius 2 is 1.59 bits per heavy atom. The van der Waals surface area contributed by atoms with Crippen LogP contribution in [0.15, 0.2) is 46.2 Å². The molecule has 0 heterocycles. The van der Waals surface area contributed by atoms with Crippen molar-refractivity contribution >= 4 is 37.3 Å². The molecular weight excluding hydrogens is 429 g/mol. The molecule has 0 saturated heterocycles. The van der Waals surface area contributed by atoms with E-state index in [1.54, 1.807) is 0 Å². The van der Waals surface area contributed by atoms with Gasteiger partial charge in [0.1, 0.15) is 0 Å². The van der Waals surface area contributed by atoms with Crippen LogP contribution >= 0.6 is 11.6 Å². The quantitative estimate of drug-likeness (QED) is 0.742. The first-order chi connectivity index (χ1) is 12.3. The Hall–Kier alpha value is -1.82. The van der Waals surface area contributed by atoms with Gasteiger partial charge in [-0.25, -0.2) is 21.6 Å². The van der Waals surface area contributed by atoms with E-state index in [0.29, 0.717) is 11.6 Å². The number of rotatable bonds is 5. The van der Waals surface area contributed by atoms with Gasteiger partial charge < -0.3 is 0 Å². The molecule has 0 unspecified atom stereocenters. The Balaban J connectivity index is 2.48. The van der Waals surface area contributed by atoms with Gasteiger partial charge >= 0.3 is 6.18 Å². The second kappa shape index (κ2) is 7.30. The van der Waals surface area contributed by atoms with Crippen molar-refractivity contribution in [2.75, 3.05) is 11.8 Å². The van der Waals surface area contributed by atoms with E-state index in [2.05, 4.69) is 9.44 Å². The summed E-state index contributed by atoms with van der Waals surface area (Å²) in [6, 6.07) is 5.88. The van der Waals surface area contributed by atoms with Gasteiger partial charge in [-0.05, 0) is 49.9 Å². The molecule has 0 atom stereocenters. The zero-order valence-corrected chi connectivity index (χ0v) is 16.3. The van der Waals surface area contributed by atoms with E-state index >= 15 is 0 Å². The largest absolute Gasteiger partial charge is 0.417 e. The van der Waals surface area contributed by atoms with Gasteiger partial charge in [0.2, 0.25) is 10.0 Å². The van der Waals surface area contributed by atoms with E-state index in [0.717, 1.165) is 18.2 Å². The molecule has 12 heteroatoms. The molecular formula is C15H14ClF3N2O4S2. The minimum absolute atomic E-state index is 0.127. The highest BCUT2D eigenvalue weighted by molar-refractivity contribution is 7.92. The van der Waals surface area contributed by atoms with Crippen LogP contribution in [0.1, 0.15) is 11.1 Å². The maximum absolute atomic E-state index is 12.9. The molecule has 2 aromatic rings. The topological polar surface area (TPSA) is 92.3 Å². The Morgan fingerprint density at radius 1 is 0.963 bits per heavy atom.